The van der Waals surface area contributed by atoms with Gasteiger partial charge in [-0.25, -0.2) is 0 Å². The van der Waals surface area contributed by atoms with E-state index in [1.54, 1.807) is 6.07 Å². The highest BCUT2D eigenvalue weighted by Gasteiger charge is 2.32. The molecule has 1 aromatic rings. The standard InChI is InChI=1S/C15H21F3/c1-5-14(4,6-2)13-8-7-11(3)9-12(13)10-15(16,17)18/h7-9H,5-6,10H2,1-4H3. The summed E-state index contributed by atoms with van der Waals surface area (Å²) in [5.41, 5.74) is 1.98. The molecule has 102 valence electrons. The van der Waals surface area contributed by atoms with Gasteiger partial charge in [-0.1, -0.05) is 44.5 Å². The van der Waals surface area contributed by atoms with Crippen LogP contribution in [-0.4, -0.2) is 6.18 Å². The van der Waals surface area contributed by atoms with E-state index >= 15 is 0 Å². The molecule has 0 atom stereocenters. The summed E-state index contributed by atoms with van der Waals surface area (Å²) in [6.45, 7) is 7.93. The van der Waals surface area contributed by atoms with E-state index in [-0.39, 0.29) is 5.41 Å². The van der Waals surface area contributed by atoms with Gasteiger partial charge in [-0.15, -0.1) is 0 Å². The van der Waals surface area contributed by atoms with Crippen molar-refractivity contribution >= 4 is 0 Å². The lowest BCUT2D eigenvalue weighted by Gasteiger charge is -2.30. The van der Waals surface area contributed by atoms with Crippen LogP contribution in [0.25, 0.3) is 0 Å². The number of aryl methyl sites for hydroxylation is 1. The zero-order chi connectivity index (χ0) is 14.0. The maximum Gasteiger partial charge on any atom is 0.393 e. The molecule has 1 aromatic carbocycles. The van der Waals surface area contributed by atoms with Gasteiger partial charge in [0.15, 0.2) is 0 Å². The van der Waals surface area contributed by atoms with Crippen molar-refractivity contribution in [2.75, 3.05) is 0 Å². The van der Waals surface area contributed by atoms with Gasteiger partial charge >= 0.3 is 6.18 Å². The summed E-state index contributed by atoms with van der Waals surface area (Å²) in [6.07, 6.45) is -3.29. The van der Waals surface area contributed by atoms with Crippen LogP contribution in [0.1, 0.15) is 50.3 Å². The third kappa shape index (κ3) is 3.50. The Labute approximate surface area is 107 Å². The number of hydrogen-bond acceptors (Lipinski definition) is 0. The second kappa shape index (κ2) is 5.33. The molecule has 0 aliphatic carbocycles. The Morgan fingerprint density at radius 2 is 1.61 bits per heavy atom. The van der Waals surface area contributed by atoms with Crippen LogP contribution in [0.2, 0.25) is 0 Å². The zero-order valence-electron chi connectivity index (χ0n) is 11.5. The summed E-state index contributed by atoms with van der Waals surface area (Å²) in [7, 11) is 0. The summed E-state index contributed by atoms with van der Waals surface area (Å²) in [5, 5.41) is 0. The van der Waals surface area contributed by atoms with Gasteiger partial charge in [-0.3, -0.25) is 0 Å². The first-order chi connectivity index (χ1) is 8.22. The first-order valence-electron chi connectivity index (χ1n) is 6.38. The number of benzene rings is 1. The van der Waals surface area contributed by atoms with E-state index in [9.17, 15) is 13.2 Å². The zero-order valence-corrected chi connectivity index (χ0v) is 11.5. The van der Waals surface area contributed by atoms with Gasteiger partial charge in [0.1, 0.15) is 0 Å². The van der Waals surface area contributed by atoms with E-state index < -0.39 is 12.6 Å². The van der Waals surface area contributed by atoms with Crippen LogP contribution >= 0.6 is 0 Å². The minimum Gasteiger partial charge on any atom is -0.171 e. The normalized spacial score (nSPS) is 12.8. The number of hydrogen-bond donors (Lipinski definition) is 0. The van der Waals surface area contributed by atoms with Crippen LogP contribution in [0.15, 0.2) is 18.2 Å². The van der Waals surface area contributed by atoms with Crippen LogP contribution in [0.4, 0.5) is 13.2 Å². The maximum absolute atomic E-state index is 12.6. The highest BCUT2D eigenvalue weighted by Crippen LogP contribution is 2.36. The molecule has 0 saturated heterocycles. The van der Waals surface area contributed by atoms with Gasteiger partial charge in [0.2, 0.25) is 0 Å². The van der Waals surface area contributed by atoms with Gasteiger partial charge in [0.25, 0.3) is 0 Å². The predicted molar refractivity (Wildman–Crippen MR) is 68.9 cm³/mol. The molecule has 0 aromatic heterocycles. The van der Waals surface area contributed by atoms with E-state index in [1.807, 2.05) is 39.8 Å². The van der Waals surface area contributed by atoms with Gasteiger partial charge < -0.3 is 0 Å². The summed E-state index contributed by atoms with van der Waals surface area (Å²) < 4.78 is 37.9. The highest BCUT2D eigenvalue weighted by atomic mass is 19.4. The molecule has 0 heterocycles. The smallest absolute Gasteiger partial charge is 0.171 e. The lowest BCUT2D eigenvalue weighted by atomic mass is 9.75. The van der Waals surface area contributed by atoms with Gasteiger partial charge in [0, 0.05) is 0 Å². The van der Waals surface area contributed by atoms with E-state index in [0.717, 1.165) is 24.0 Å². The Morgan fingerprint density at radius 3 is 2.06 bits per heavy atom. The topological polar surface area (TPSA) is 0 Å². The fourth-order valence-corrected chi connectivity index (χ4v) is 2.30. The molecule has 0 aliphatic heterocycles. The van der Waals surface area contributed by atoms with E-state index in [1.165, 1.54) is 0 Å². The SMILES string of the molecule is CCC(C)(CC)c1ccc(C)cc1CC(F)(F)F. The highest BCUT2D eigenvalue weighted by molar-refractivity contribution is 5.37. The minimum absolute atomic E-state index is 0.172. The Balaban J connectivity index is 3.27. The molecular weight excluding hydrogens is 237 g/mol. The van der Waals surface area contributed by atoms with Crippen molar-refractivity contribution in [3.8, 4) is 0 Å². The van der Waals surface area contributed by atoms with Crippen molar-refractivity contribution in [2.24, 2.45) is 0 Å². The van der Waals surface area contributed by atoms with Crippen LogP contribution < -0.4 is 0 Å². The lowest BCUT2D eigenvalue weighted by molar-refractivity contribution is -0.127. The van der Waals surface area contributed by atoms with E-state index in [2.05, 4.69) is 0 Å². The molecule has 1 rings (SSSR count). The Hall–Kier alpha value is -0.990. The Bertz CT molecular complexity index is 401. The fourth-order valence-electron chi connectivity index (χ4n) is 2.30. The molecule has 0 aliphatic rings. The van der Waals surface area contributed by atoms with Crippen molar-refractivity contribution in [2.45, 2.75) is 58.5 Å². The maximum atomic E-state index is 12.6. The van der Waals surface area contributed by atoms with Crippen molar-refractivity contribution in [1.29, 1.82) is 0 Å². The second-order valence-electron chi connectivity index (χ2n) is 5.22. The molecule has 0 N–H and O–H groups in total. The summed E-state index contributed by atoms with van der Waals surface area (Å²) >= 11 is 0. The van der Waals surface area contributed by atoms with E-state index in [4.69, 9.17) is 0 Å². The average molecular weight is 258 g/mol. The van der Waals surface area contributed by atoms with E-state index in [0.29, 0.717) is 5.56 Å². The molecule has 0 bridgehead atoms. The fraction of sp³-hybridized carbons (Fsp3) is 0.600. The number of alkyl halides is 3. The minimum atomic E-state index is -4.15. The molecule has 3 heteroatoms. The molecular formula is C15H21F3. The predicted octanol–water partition coefficient (Wildman–Crippen LogP) is 5.18. The molecule has 0 fully saturated rings. The van der Waals surface area contributed by atoms with Crippen molar-refractivity contribution in [3.05, 3.63) is 34.9 Å². The monoisotopic (exact) mass is 258 g/mol. The van der Waals surface area contributed by atoms with Crippen LogP contribution in [0.3, 0.4) is 0 Å². The molecule has 0 unspecified atom stereocenters. The lowest BCUT2D eigenvalue weighted by Crippen LogP contribution is -2.24. The van der Waals surface area contributed by atoms with Gasteiger partial charge in [0.05, 0.1) is 6.42 Å². The first kappa shape index (κ1) is 15.1. The molecule has 0 spiro atoms. The quantitative estimate of drug-likeness (QED) is 0.698. The summed E-state index contributed by atoms with van der Waals surface area (Å²) in [5.74, 6) is 0. The number of rotatable bonds is 4. The van der Waals surface area contributed by atoms with Crippen molar-refractivity contribution in [3.63, 3.8) is 0 Å². The average Bonchev–Trinajstić information content (AvgIpc) is 2.26. The Morgan fingerprint density at radius 1 is 1.06 bits per heavy atom. The summed E-state index contributed by atoms with van der Waals surface area (Å²) in [4.78, 5) is 0. The largest absolute Gasteiger partial charge is 0.393 e. The molecule has 0 amide bonds. The molecule has 0 radical (unpaired) electrons. The third-order valence-corrected chi connectivity index (χ3v) is 3.86. The second-order valence-corrected chi connectivity index (χ2v) is 5.22. The van der Waals surface area contributed by atoms with Gasteiger partial charge in [-0.2, -0.15) is 13.2 Å². The summed E-state index contributed by atoms with van der Waals surface area (Å²) in [6, 6.07) is 5.44. The van der Waals surface area contributed by atoms with Crippen molar-refractivity contribution < 1.29 is 13.2 Å². The van der Waals surface area contributed by atoms with Crippen LogP contribution in [0.5, 0.6) is 0 Å². The first-order valence-corrected chi connectivity index (χ1v) is 6.38. The van der Waals surface area contributed by atoms with Gasteiger partial charge in [-0.05, 0) is 36.3 Å². The van der Waals surface area contributed by atoms with Crippen LogP contribution in [0, 0.1) is 6.92 Å². The van der Waals surface area contributed by atoms with Crippen molar-refractivity contribution in [1.82, 2.24) is 0 Å². The molecule has 0 nitrogen and oxygen atoms in total. The molecule has 0 saturated carbocycles. The Kier molecular flexibility index (Phi) is 4.46. The molecule has 18 heavy (non-hydrogen) atoms. The van der Waals surface area contributed by atoms with Crippen LogP contribution in [-0.2, 0) is 11.8 Å². The number of halogens is 3. The third-order valence-electron chi connectivity index (χ3n) is 3.86.